The molecular weight excluding hydrogens is 193 g/mol. The minimum absolute atomic E-state index is 0.202. The number of rotatable bonds is 0. The van der Waals surface area contributed by atoms with Crippen molar-refractivity contribution >= 4 is 17.0 Å². The summed E-state index contributed by atoms with van der Waals surface area (Å²) in [6, 6.07) is 4.88. The number of fused-ring (bicyclic) bond motifs is 1. The third-order valence-corrected chi connectivity index (χ3v) is 2.33. The summed E-state index contributed by atoms with van der Waals surface area (Å²) in [6.45, 7) is 6.03. The summed E-state index contributed by atoms with van der Waals surface area (Å²) in [5, 5.41) is 0. The van der Waals surface area contributed by atoms with Gasteiger partial charge in [-0.2, -0.15) is 0 Å². The molecule has 0 amide bonds. The topological polar surface area (TPSA) is 43.8 Å². The van der Waals surface area contributed by atoms with E-state index in [-0.39, 0.29) is 11.4 Å². The molecule has 0 saturated carbocycles. The van der Waals surface area contributed by atoms with Crippen molar-refractivity contribution in [2.24, 2.45) is 0 Å². The molecule has 0 aliphatic heterocycles. The largest absolute Gasteiger partial charge is 0.369 e. The van der Waals surface area contributed by atoms with Crippen LogP contribution in [0.1, 0.15) is 20.8 Å². The summed E-state index contributed by atoms with van der Waals surface area (Å²) in [4.78, 5) is 4.04. The van der Waals surface area contributed by atoms with E-state index in [1.807, 2.05) is 31.4 Å². The zero-order chi connectivity index (χ0) is 11.2. The minimum Gasteiger partial charge on any atom is -0.369 e. The van der Waals surface area contributed by atoms with Gasteiger partial charge in [-0.15, -0.1) is 0 Å². The number of hydrogen-bond acceptors (Lipinski definition) is 2. The SMILES string of the molecule is CC(C)(C)n1c(N)nc2c(F)cccc21. The molecule has 3 nitrogen and oxygen atoms in total. The number of anilines is 1. The number of hydrogen-bond donors (Lipinski definition) is 1. The van der Waals surface area contributed by atoms with Crippen molar-refractivity contribution in [2.45, 2.75) is 26.3 Å². The average Bonchev–Trinajstić information content (AvgIpc) is 2.41. The Morgan fingerprint density at radius 3 is 2.60 bits per heavy atom. The number of nitrogens with two attached hydrogens (primary N) is 1. The van der Waals surface area contributed by atoms with Crippen molar-refractivity contribution in [3.63, 3.8) is 0 Å². The fourth-order valence-corrected chi connectivity index (χ4v) is 1.79. The Labute approximate surface area is 87.7 Å². The molecule has 0 fully saturated rings. The predicted octanol–water partition coefficient (Wildman–Crippen LogP) is 2.51. The lowest BCUT2D eigenvalue weighted by Crippen LogP contribution is -2.23. The first-order chi connectivity index (χ1) is 6.91. The van der Waals surface area contributed by atoms with Gasteiger partial charge in [0, 0.05) is 5.54 Å². The predicted molar refractivity (Wildman–Crippen MR) is 59.1 cm³/mol. The number of benzene rings is 1. The molecule has 2 aromatic rings. The normalized spacial score (nSPS) is 12.3. The van der Waals surface area contributed by atoms with E-state index in [1.165, 1.54) is 6.07 Å². The van der Waals surface area contributed by atoms with Gasteiger partial charge in [0.05, 0.1) is 5.52 Å². The van der Waals surface area contributed by atoms with Gasteiger partial charge < -0.3 is 10.3 Å². The van der Waals surface area contributed by atoms with Gasteiger partial charge in [0.25, 0.3) is 0 Å². The maximum atomic E-state index is 13.4. The monoisotopic (exact) mass is 207 g/mol. The van der Waals surface area contributed by atoms with E-state index in [1.54, 1.807) is 6.07 Å². The molecule has 0 saturated heterocycles. The van der Waals surface area contributed by atoms with Gasteiger partial charge in [-0.1, -0.05) is 6.07 Å². The highest BCUT2D eigenvalue weighted by Gasteiger charge is 2.20. The van der Waals surface area contributed by atoms with Crippen molar-refractivity contribution < 1.29 is 4.39 Å². The fraction of sp³-hybridized carbons (Fsp3) is 0.364. The van der Waals surface area contributed by atoms with Gasteiger partial charge in [0.2, 0.25) is 5.95 Å². The lowest BCUT2D eigenvalue weighted by Gasteiger charge is -2.23. The number of para-hydroxylation sites is 1. The van der Waals surface area contributed by atoms with Crippen molar-refractivity contribution in [1.82, 2.24) is 9.55 Å². The second-order valence-corrected chi connectivity index (χ2v) is 4.58. The fourth-order valence-electron chi connectivity index (χ4n) is 1.79. The van der Waals surface area contributed by atoms with E-state index in [0.717, 1.165) is 5.52 Å². The molecule has 1 heterocycles. The van der Waals surface area contributed by atoms with E-state index >= 15 is 0 Å². The smallest absolute Gasteiger partial charge is 0.201 e. The highest BCUT2D eigenvalue weighted by atomic mass is 19.1. The highest BCUT2D eigenvalue weighted by Crippen LogP contribution is 2.27. The molecule has 4 heteroatoms. The zero-order valence-electron chi connectivity index (χ0n) is 9.08. The summed E-state index contributed by atoms with van der Waals surface area (Å²) in [5.41, 5.74) is 6.67. The Morgan fingerprint density at radius 2 is 2.00 bits per heavy atom. The second kappa shape index (κ2) is 2.95. The van der Waals surface area contributed by atoms with Crippen molar-refractivity contribution in [1.29, 1.82) is 0 Å². The van der Waals surface area contributed by atoms with Gasteiger partial charge in [-0.3, -0.25) is 0 Å². The number of halogens is 1. The summed E-state index contributed by atoms with van der Waals surface area (Å²) >= 11 is 0. The Bertz CT molecular complexity index is 508. The molecule has 0 atom stereocenters. The van der Waals surface area contributed by atoms with E-state index in [0.29, 0.717) is 11.5 Å². The van der Waals surface area contributed by atoms with Crippen LogP contribution in [0, 0.1) is 5.82 Å². The number of nitrogen functional groups attached to an aromatic ring is 1. The second-order valence-electron chi connectivity index (χ2n) is 4.58. The van der Waals surface area contributed by atoms with Crippen LogP contribution in [-0.4, -0.2) is 9.55 Å². The van der Waals surface area contributed by atoms with Gasteiger partial charge >= 0.3 is 0 Å². The van der Waals surface area contributed by atoms with Gasteiger partial charge in [0.15, 0.2) is 5.82 Å². The van der Waals surface area contributed by atoms with E-state index in [4.69, 9.17) is 5.73 Å². The van der Waals surface area contributed by atoms with Crippen molar-refractivity contribution in [3.8, 4) is 0 Å². The molecule has 2 N–H and O–H groups in total. The molecular formula is C11H14FN3. The summed E-state index contributed by atoms with van der Waals surface area (Å²) in [7, 11) is 0. The number of imidazole rings is 1. The molecule has 2 rings (SSSR count). The summed E-state index contributed by atoms with van der Waals surface area (Å²) in [5.74, 6) is 0.0183. The van der Waals surface area contributed by atoms with Crippen LogP contribution in [-0.2, 0) is 5.54 Å². The van der Waals surface area contributed by atoms with Gasteiger partial charge in [-0.05, 0) is 32.9 Å². The Balaban J connectivity index is 2.86. The maximum Gasteiger partial charge on any atom is 0.201 e. The van der Waals surface area contributed by atoms with E-state index < -0.39 is 0 Å². The molecule has 0 unspecified atom stereocenters. The average molecular weight is 207 g/mol. The summed E-state index contributed by atoms with van der Waals surface area (Å²) < 4.78 is 15.3. The lowest BCUT2D eigenvalue weighted by atomic mass is 10.1. The van der Waals surface area contributed by atoms with Crippen LogP contribution in [0.2, 0.25) is 0 Å². The highest BCUT2D eigenvalue weighted by molar-refractivity contribution is 5.79. The van der Waals surface area contributed by atoms with Crippen LogP contribution >= 0.6 is 0 Å². The Kier molecular flexibility index (Phi) is 1.96. The standard InChI is InChI=1S/C11H14FN3/c1-11(2,3)15-8-6-4-5-7(12)9(8)14-10(15)13/h4-6H,1-3H3,(H2,13,14). The molecule has 1 aromatic carbocycles. The molecule has 0 spiro atoms. The third kappa shape index (κ3) is 1.46. The van der Waals surface area contributed by atoms with Gasteiger partial charge in [0.1, 0.15) is 5.52 Å². The molecule has 0 radical (unpaired) electrons. The molecule has 0 aliphatic carbocycles. The van der Waals surface area contributed by atoms with Crippen LogP contribution in [0.4, 0.5) is 10.3 Å². The van der Waals surface area contributed by atoms with E-state index in [9.17, 15) is 4.39 Å². The summed E-state index contributed by atoms with van der Waals surface area (Å²) in [6.07, 6.45) is 0. The first kappa shape index (κ1) is 9.96. The first-order valence-corrected chi connectivity index (χ1v) is 4.84. The van der Waals surface area contributed by atoms with E-state index in [2.05, 4.69) is 4.98 Å². The van der Waals surface area contributed by atoms with Crippen LogP contribution in [0.5, 0.6) is 0 Å². The third-order valence-electron chi connectivity index (χ3n) is 2.33. The maximum absolute atomic E-state index is 13.4. The van der Waals surface area contributed by atoms with Crippen molar-refractivity contribution in [3.05, 3.63) is 24.0 Å². The first-order valence-electron chi connectivity index (χ1n) is 4.84. The van der Waals surface area contributed by atoms with Crippen molar-refractivity contribution in [2.75, 3.05) is 5.73 Å². The quantitative estimate of drug-likeness (QED) is 0.721. The van der Waals surface area contributed by atoms with Crippen LogP contribution < -0.4 is 5.73 Å². The molecule has 0 bridgehead atoms. The Morgan fingerprint density at radius 1 is 1.33 bits per heavy atom. The van der Waals surface area contributed by atoms with Crippen LogP contribution in [0.3, 0.4) is 0 Å². The number of nitrogens with zero attached hydrogens (tertiary/aromatic N) is 2. The zero-order valence-corrected chi connectivity index (χ0v) is 9.08. The number of aromatic nitrogens is 2. The minimum atomic E-state index is -0.331. The lowest BCUT2D eigenvalue weighted by molar-refractivity contribution is 0.414. The molecule has 15 heavy (non-hydrogen) atoms. The van der Waals surface area contributed by atoms with Crippen LogP contribution in [0.15, 0.2) is 18.2 Å². The molecule has 80 valence electrons. The Hall–Kier alpha value is -1.58. The molecule has 0 aliphatic rings. The van der Waals surface area contributed by atoms with Crippen LogP contribution in [0.25, 0.3) is 11.0 Å². The molecule has 1 aromatic heterocycles. The van der Waals surface area contributed by atoms with Gasteiger partial charge in [-0.25, -0.2) is 9.37 Å².